The predicted octanol–water partition coefficient (Wildman–Crippen LogP) is 1.65. The zero-order valence-electron chi connectivity index (χ0n) is 12.0. The van der Waals surface area contributed by atoms with Crippen molar-refractivity contribution in [1.29, 1.82) is 0 Å². The molecule has 0 radical (unpaired) electrons. The number of anilines is 2. The van der Waals surface area contributed by atoms with E-state index in [9.17, 15) is 0 Å². The quantitative estimate of drug-likeness (QED) is 0.794. The second kappa shape index (κ2) is 5.11. The molecule has 6 heteroatoms. The minimum Gasteiger partial charge on any atom is -0.368 e. The molecule has 3 heterocycles. The second-order valence-corrected chi connectivity index (χ2v) is 6.05. The van der Waals surface area contributed by atoms with Gasteiger partial charge in [0.1, 0.15) is 5.52 Å². The molecule has 4 rings (SSSR count). The lowest BCUT2D eigenvalue weighted by atomic mass is 9.99. The second-order valence-electron chi connectivity index (χ2n) is 6.05. The molecule has 0 spiro atoms. The highest BCUT2D eigenvalue weighted by Crippen LogP contribution is 2.35. The van der Waals surface area contributed by atoms with Gasteiger partial charge in [-0.25, -0.2) is 4.98 Å². The number of hydrogen-bond donors (Lipinski definition) is 3. The Morgan fingerprint density at radius 3 is 2.71 bits per heavy atom. The van der Waals surface area contributed by atoms with Crippen molar-refractivity contribution >= 4 is 22.8 Å². The van der Waals surface area contributed by atoms with Crippen LogP contribution in [0.1, 0.15) is 37.2 Å². The SMILES string of the molecule is Nc1nc(NC2CNC2)c2ncc(C3CCCC3)cc2n1. The Kier molecular flexibility index (Phi) is 3.11. The van der Waals surface area contributed by atoms with Crippen molar-refractivity contribution in [3.63, 3.8) is 0 Å². The fraction of sp³-hybridized carbons (Fsp3) is 0.533. The molecule has 0 atom stereocenters. The van der Waals surface area contributed by atoms with Gasteiger partial charge in [0.25, 0.3) is 0 Å². The van der Waals surface area contributed by atoms with E-state index in [-0.39, 0.29) is 0 Å². The molecule has 0 amide bonds. The Balaban J connectivity index is 1.72. The first-order valence-corrected chi connectivity index (χ1v) is 7.70. The van der Waals surface area contributed by atoms with Crippen LogP contribution in [0.2, 0.25) is 0 Å². The van der Waals surface area contributed by atoms with E-state index in [2.05, 4.69) is 31.7 Å². The van der Waals surface area contributed by atoms with Crippen molar-refractivity contribution in [2.45, 2.75) is 37.6 Å². The summed E-state index contributed by atoms with van der Waals surface area (Å²) in [6.45, 7) is 1.90. The summed E-state index contributed by atoms with van der Waals surface area (Å²) in [5.74, 6) is 1.69. The topological polar surface area (TPSA) is 88.8 Å². The summed E-state index contributed by atoms with van der Waals surface area (Å²) in [7, 11) is 0. The maximum atomic E-state index is 5.86. The summed E-state index contributed by atoms with van der Waals surface area (Å²) in [4.78, 5) is 13.3. The average Bonchev–Trinajstić information content (AvgIpc) is 2.96. The molecule has 0 aromatic carbocycles. The smallest absolute Gasteiger partial charge is 0.222 e. The van der Waals surface area contributed by atoms with Crippen LogP contribution in [-0.4, -0.2) is 34.1 Å². The molecular formula is C15H20N6. The van der Waals surface area contributed by atoms with Gasteiger partial charge in [-0.2, -0.15) is 4.98 Å². The summed E-state index contributed by atoms with van der Waals surface area (Å²) in [5, 5.41) is 6.63. The van der Waals surface area contributed by atoms with Gasteiger partial charge in [-0.05, 0) is 30.4 Å². The Hall–Kier alpha value is -1.95. The van der Waals surface area contributed by atoms with Crippen molar-refractivity contribution in [3.05, 3.63) is 17.8 Å². The van der Waals surface area contributed by atoms with Crippen molar-refractivity contribution in [2.75, 3.05) is 24.1 Å². The summed E-state index contributed by atoms with van der Waals surface area (Å²) in [6.07, 6.45) is 7.13. The van der Waals surface area contributed by atoms with Gasteiger partial charge in [0.15, 0.2) is 5.82 Å². The van der Waals surface area contributed by atoms with E-state index in [1.165, 1.54) is 31.2 Å². The molecule has 2 aromatic heterocycles. The number of fused-ring (bicyclic) bond motifs is 1. The van der Waals surface area contributed by atoms with Crippen LogP contribution in [0.5, 0.6) is 0 Å². The van der Waals surface area contributed by atoms with Crippen LogP contribution in [0.15, 0.2) is 12.3 Å². The zero-order valence-corrected chi connectivity index (χ0v) is 12.0. The summed E-state index contributed by atoms with van der Waals surface area (Å²) >= 11 is 0. The van der Waals surface area contributed by atoms with Gasteiger partial charge in [0, 0.05) is 19.3 Å². The average molecular weight is 284 g/mol. The maximum absolute atomic E-state index is 5.86. The highest BCUT2D eigenvalue weighted by molar-refractivity contribution is 5.86. The number of pyridine rings is 1. The molecule has 110 valence electrons. The van der Waals surface area contributed by atoms with Gasteiger partial charge < -0.3 is 16.4 Å². The van der Waals surface area contributed by atoms with Crippen molar-refractivity contribution in [2.24, 2.45) is 0 Å². The molecule has 1 aliphatic heterocycles. The lowest BCUT2D eigenvalue weighted by Gasteiger charge is -2.28. The number of rotatable bonds is 3. The first-order valence-electron chi connectivity index (χ1n) is 7.70. The van der Waals surface area contributed by atoms with Gasteiger partial charge >= 0.3 is 0 Å². The fourth-order valence-electron chi connectivity index (χ4n) is 3.22. The largest absolute Gasteiger partial charge is 0.368 e. The number of nitrogens with two attached hydrogens (primary N) is 1. The molecule has 1 aliphatic carbocycles. The van der Waals surface area contributed by atoms with E-state index in [0.717, 1.165) is 29.9 Å². The van der Waals surface area contributed by atoms with E-state index >= 15 is 0 Å². The normalized spacial score (nSPS) is 19.8. The summed E-state index contributed by atoms with van der Waals surface area (Å²) < 4.78 is 0. The van der Waals surface area contributed by atoms with Gasteiger partial charge in [-0.3, -0.25) is 4.98 Å². The maximum Gasteiger partial charge on any atom is 0.222 e. The Morgan fingerprint density at radius 1 is 1.19 bits per heavy atom. The van der Waals surface area contributed by atoms with E-state index in [4.69, 9.17) is 5.73 Å². The zero-order chi connectivity index (χ0) is 14.2. The van der Waals surface area contributed by atoms with Crippen LogP contribution in [0.25, 0.3) is 11.0 Å². The van der Waals surface area contributed by atoms with Crippen LogP contribution in [0.3, 0.4) is 0 Å². The minimum absolute atomic E-state index is 0.308. The van der Waals surface area contributed by atoms with Crippen LogP contribution in [-0.2, 0) is 0 Å². The van der Waals surface area contributed by atoms with Crippen LogP contribution >= 0.6 is 0 Å². The molecule has 4 N–H and O–H groups in total. The van der Waals surface area contributed by atoms with E-state index in [0.29, 0.717) is 17.9 Å². The predicted molar refractivity (Wildman–Crippen MR) is 83.2 cm³/mol. The molecular weight excluding hydrogens is 264 g/mol. The van der Waals surface area contributed by atoms with E-state index in [1.807, 2.05) is 6.20 Å². The molecule has 0 unspecified atom stereocenters. The number of nitrogens with one attached hydrogen (secondary N) is 2. The van der Waals surface area contributed by atoms with Gasteiger partial charge in [-0.15, -0.1) is 0 Å². The van der Waals surface area contributed by atoms with Crippen molar-refractivity contribution in [3.8, 4) is 0 Å². The molecule has 2 aromatic rings. The van der Waals surface area contributed by atoms with Crippen molar-refractivity contribution < 1.29 is 0 Å². The first kappa shape index (κ1) is 12.8. The van der Waals surface area contributed by atoms with Gasteiger partial charge in [0.2, 0.25) is 5.95 Å². The summed E-state index contributed by atoms with van der Waals surface area (Å²) in [5.41, 5.74) is 8.81. The van der Waals surface area contributed by atoms with Gasteiger partial charge in [-0.1, -0.05) is 12.8 Å². The lowest BCUT2D eigenvalue weighted by Crippen LogP contribution is -2.51. The first-order chi connectivity index (χ1) is 10.3. The highest BCUT2D eigenvalue weighted by atomic mass is 15.2. The third kappa shape index (κ3) is 2.40. The third-order valence-corrected chi connectivity index (χ3v) is 4.52. The minimum atomic E-state index is 0.308. The fourth-order valence-corrected chi connectivity index (χ4v) is 3.22. The monoisotopic (exact) mass is 284 g/mol. The summed E-state index contributed by atoms with van der Waals surface area (Å²) in [6, 6.07) is 2.54. The molecule has 1 saturated heterocycles. The lowest BCUT2D eigenvalue weighted by molar-refractivity contribution is 0.471. The highest BCUT2D eigenvalue weighted by Gasteiger charge is 2.21. The van der Waals surface area contributed by atoms with Crippen molar-refractivity contribution in [1.82, 2.24) is 20.3 Å². The van der Waals surface area contributed by atoms with Crippen LogP contribution in [0.4, 0.5) is 11.8 Å². The number of nitrogen functional groups attached to an aromatic ring is 1. The molecule has 0 bridgehead atoms. The van der Waals surface area contributed by atoms with E-state index < -0.39 is 0 Å². The molecule has 1 saturated carbocycles. The Bertz CT molecular complexity index is 661. The van der Waals surface area contributed by atoms with Gasteiger partial charge in [0.05, 0.1) is 11.6 Å². The molecule has 21 heavy (non-hydrogen) atoms. The van der Waals surface area contributed by atoms with E-state index in [1.54, 1.807) is 0 Å². The number of hydrogen-bond acceptors (Lipinski definition) is 6. The Morgan fingerprint density at radius 2 is 2.00 bits per heavy atom. The number of aromatic nitrogens is 3. The van der Waals surface area contributed by atoms with Crippen LogP contribution < -0.4 is 16.4 Å². The standard InChI is InChI=1S/C15H20N6/c16-15-20-12-5-10(9-3-1-2-4-9)6-18-13(12)14(21-15)19-11-7-17-8-11/h5-6,9,11,17H,1-4,7-8H2,(H3,16,19,20,21). The Labute approximate surface area is 123 Å². The molecule has 2 fully saturated rings. The van der Waals surface area contributed by atoms with Crippen LogP contribution in [0, 0.1) is 0 Å². The molecule has 2 aliphatic rings. The number of nitrogens with zero attached hydrogens (tertiary/aromatic N) is 3. The third-order valence-electron chi connectivity index (χ3n) is 4.52. The molecule has 6 nitrogen and oxygen atoms in total.